The van der Waals surface area contributed by atoms with Gasteiger partial charge in [0, 0.05) is 38.4 Å². The molecule has 30 heavy (non-hydrogen) atoms. The summed E-state index contributed by atoms with van der Waals surface area (Å²) in [5.41, 5.74) is 0.468. The number of nitrogens with zero attached hydrogens (tertiary/aromatic N) is 2. The predicted octanol–water partition coefficient (Wildman–Crippen LogP) is 2.87. The van der Waals surface area contributed by atoms with Crippen LogP contribution in [0.15, 0.2) is 52.3 Å². The zero-order chi connectivity index (χ0) is 22.7. The molecule has 0 atom stereocenters. The maximum absolute atomic E-state index is 12.8. The predicted molar refractivity (Wildman–Crippen MR) is 117 cm³/mol. The Morgan fingerprint density at radius 3 is 2.00 bits per heavy atom. The molecular formula is C19H24ClN3O5S2. The largest absolute Gasteiger partial charge is 0.322 e. The lowest BCUT2D eigenvalue weighted by Crippen LogP contribution is -2.31. The third-order valence-corrected chi connectivity index (χ3v) is 8.77. The summed E-state index contributed by atoms with van der Waals surface area (Å²) in [7, 11) is -4.57. The van der Waals surface area contributed by atoms with Crippen molar-refractivity contribution in [1.82, 2.24) is 8.61 Å². The minimum Gasteiger partial charge on any atom is -0.322 e. The number of rotatable bonds is 8. The van der Waals surface area contributed by atoms with Crippen molar-refractivity contribution in [2.24, 2.45) is 0 Å². The molecule has 164 valence electrons. The van der Waals surface area contributed by atoms with Crippen molar-refractivity contribution in [2.45, 2.75) is 23.6 Å². The highest BCUT2D eigenvalue weighted by Gasteiger charge is 2.25. The zero-order valence-electron chi connectivity index (χ0n) is 17.1. The summed E-state index contributed by atoms with van der Waals surface area (Å²) in [6.07, 6.45) is 0. The van der Waals surface area contributed by atoms with Crippen molar-refractivity contribution in [3.63, 3.8) is 0 Å². The van der Waals surface area contributed by atoms with E-state index in [1.54, 1.807) is 13.8 Å². The number of amides is 1. The molecule has 0 unspecified atom stereocenters. The number of sulfonamides is 2. The Hall–Kier alpha value is -1.98. The van der Waals surface area contributed by atoms with Crippen LogP contribution in [-0.2, 0) is 20.0 Å². The smallest absolute Gasteiger partial charge is 0.255 e. The molecule has 0 aliphatic rings. The maximum Gasteiger partial charge on any atom is 0.255 e. The molecule has 0 aliphatic carbocycles. The van der Waals surface area contributed by atoms with Crippen molar-refractivity contribution in [1.29, 1.82) is 0 Å². The molecule has 8 nitrogen and oxygen atoms in total. The highest BCUT2D eigenvalue weighted by Crippen LogP contribution is 2.26. The van der Waals surface area contributed by atoms with E-state index in [4.69, 9.17) is 11.6 Å². The summed E-state index contributed by atoms with van der Waals surface area (Å²) < 4.78 is 52.1. The highest BCUT2D eigenvalue weighted by molar-refractivity contribution is 7.89. The first-order valence-corrected chi connectivity index (χ1v) is 12.3. The molecule has 2 rings (SSSR count). The molecule has 0 saturated carbocycles. The molecule has 0 spiro atoms. The lowest BCUT2D eigenvalue weighted by Gasteiger charge is -2.19. The number of hydrogen-bond donors (Lipinski definition) is 1. The fourth-order valence-corrected chi connectivity index (χ4v) is 5.53. The Morgan fingerprint density at radius 1 is 0.933 bits per heavy atom. The van der Waals surface area contributed by atoms with E-state index in [-0.39, 0.29) is 33.5 Å². The summed E-state index contributed by atoms with van der Waals surface area (Å²) in [6.45, 7) is 3.97. The topological polar surface area (TPSA) is 104 Å². The third kappa shape index (κ3) is 5.01. The second kappa shape index (κ2) is 9.44. The Morgan fingerprint density at radius 2 is 1.50 bits per heavy atom. The normalized spacial score (nSPS) is 12.4. The molecule has 1 N–H and O–H groups in total. The van der Waals surface area contributed by atoms with E-state index < -0.39 is 26.0 Å². The number of nitrogens with one attached hydrogen (secondary N) is 1. The van der Waals surface area contributed by atoms with Gasteiger partial charge in [-0.15, -0.1) is 0 Å². The first kappa shape index (κ1) is 24.3. The van der Waals surface area contributed by atoms with E-state index >= 15 is 0 Å². The van der Waals surface area contributed by atoms with Gasteiger partial charge in [-0.25, -0.2) is 21.1 Å². The molecule has 0 heterocycles. The van der Waals surface area contributed by atoms with Gasteiger partial charge in [0.2, 0.25) is 20.0 Å². The molecule has 0 aliphatic heterocycles. The number of halogens is 1. The zero-order valence-corrected chi connectivity index (χ0v) is 19.5. The van der Waals surface area contributed by atoms with Gasteiger partial charge in [0.15, 0.2) is 0 Å². The second-order valence-corrected chi connectivity index (χ2v) is 11.0. The average molecular weight is 474 g/mol. The van der Waals surface area contributed by atoms with E-state index in [0.717, 1.165) is 4.31 Å². The van der Waals surface area contributed by atoms with Crippen LogP contribution in [0, 0.1) is 0 Å². The molecule has 0 fully saturated rings. The highest BCUT2D eigenvalue weighted by atomic mass is 35.5. The van der Waals surface area contributed by atoms with Gasteiger partial charge in [0.05, 0.1) is 9.92 Å². The lowest BCUT2D eigenvalue weighted by molar-refractivity contribution is 0.102. The number of anilines is 1. The second-order valence-electron chi connectivity index (χ2n) is 6.50. The molecular weight excluding hydrogens is 450 g/mol. The van der Waals surface area contributed by atoms with E-state index in [9.17, 15) is 21.6 Å². The molecule has 11 heteroatoms. The molecule has 0 saturated heterocycles. The summed E-state index contributed by atoms with van der Waals surface area (Å²) >= 11 is 6.09. The van der Waals surface area contributed by atoms with E-state index in [0.29, 0.717) is 5.69 Å². The minimum atomic E-state index is -3.84. The minimum absolute atomic E-state index is 0.0247. The van der Waals surface area contributed by atoms with Crippen molar-refractivity contribution < 1.29 is 21.6 Å². The van der Waals surface area contributed by atoms with Crippen LogP contribution >= 0.6 is 11.6 Å². The van der Waals surface area contributed by atoms with Crippen LogP contribution < -0.4 is 5.32 Å². The molecule has 2 aromatic rings. The van der Waals surface area contributed by atoms with E-state index in [2.05, 4.69) is 5.32 Å². The first-order valence-electron chi connectivity index (χ1n) is 9.08. The summed E-state index contributed by atoms with van der Waals surface area (Å²) in [5, 5.41) is 2.65. The number of carbonyl (C=O) groups excluding carboxylic acids is 1. The first-order chi connectivity index (χ1) is 13.9. The van der Waals surface area contributed by atoms with Crippen molar-refractivity contribution in [3.8, 4) is 0 Å². The van der Waals surface area contributed by atoms with Crippen LogP contribution in [0.5, 0.6) is 0 Å². The van der Waals surface area contributed by atoms with Gasteiger partial charge in [-0.05, 0) is 42.5 Å². The van der Waals surface area contributed by atoms with Gasteiger partial charge in [-0.3, -0.25) is 4.79 Å². The van der Waals surface area contributed by atoms with Gasteiger partial charge < -0.3 is 5.32 Å². The Balaban J connectivity index is 2.31. The quantitative estimate of drug-likeness (QED) is 0.634. The lowest BCUT2D eigenvalue weighted by atomic mass is 10.2. The molecule has 1 amide bonds. The van der Waals surface area contributed by atoms with Gasteiger partial charge in [0.25, 0.3) is 5.91 Å². The molecule has 0 aromatic heterocycles. The van der Waals surface area contributed by atoms with Crippen molar-refractivity contribution in [3.05, 3.63) is 53.1 Å². The maximum atomic E-state index is 12.8. The Labute approximate surface area is 182 Å². The van der Waals surface area contributed by atoms with Crippen molar-refractivity contribution >= 4 is 43.2 Å². The van der Waals surface area contributed by atoms with E-state index in [1.165, 1.54) is 60.9 Å². The SMILES string of the molecule is CCN(CC)S(=O)(=O)c1cc(C(=O)Nc2ccc(S(=O)(=O)N(C)C)cc2)ccc1Cl. The van der Waals surface area contributed by atoms with Crippen LogP contribution in [-0.4, -0.2) is 58.5 Å². The van der Waals surface area contributed by atoms with Crippen LogP contribution in [0.4, 0.5) is 5.69 Å². The molecule has 0 bridgehead atoms. The number of benzene rings is 2. The summed E-state index contributed by atoms with van der Waals surface area (Å²) in [5.74, 6) is -0.550. The van der Waals surface area contributed by atoms with Crippen LogP contribution in [0.25, 0.3) is 0 Å². The summed E-state index contributed by atoms with van der Waals surface area (Å²) in [4.78, 5) is 12.6. The summed E-state index contributed by atoms with van der Waals surface area (Å²) in [6, 6.07) is 9.68. The van der Waals surface area contributed by atoms with Gasteiger partial charge in [-0.2, -0.15) is 4.31 Å². The van der Waals surface area contributed by atoms with E-state index in [1.807, 2.05) is 0 Å². The average Bonchev–Trinajstić information content (AvgIpc) is 2.69. The van der Waals surface area contributed by atoms with Crippen LogP contribution in [0.1, 0.15) is 24.2 Å². The number of hydrogen-bond acceptors (Lipinski definition) is 5. The van der Waals surface area contributed by atoms with Gasteiger partial charge in [-0.1, -0.05) is 25.4 Å². The standard InChI is InChI=1S/C19H24ClN3O5S2/c1-5-23(6-2)30(27,28)18-13-14(7-12-17(18)20)19(24)21-15-8-10-16(11-9-15)29(25,26)22(3)4/h7-13H,5-6H2,1-4H3,(H,21,24). The van der Waals surface area contributed by atoms with Crippen LogP contribution in [0.2, 0.25) is 5.02 Å². The fourth-order valence-electron chi connectivity index (χ4n) is 2.67. The number of carbonyl (C=O) groups is 1. The van der Waals surface area contributed by atoms with Gasteiger partial charge >= 0.3 is 0 Å². The molecule has 2 aromatic carbocycles. The van der Waals surface area contributed by atoms with Gasteiger partial charge in [0.1, 0.15) is 4.90 Å². The third-order valence-electron chi connectivity index (χ3n) is 4.41. The molecule has 0 radical (unpaired) electrons. The van der Waals surface area contributed by atoms with Crippen molar-refractivity contribution in [2.75, 3.05) is 32.5 Å². The Kier molecular flexibility index (Phi) is 7.64. The monoisotopic (exact) mass is 473 g/mol. The fraction of sp³-hybridized carbons (Fsp3) is 0.316. The Bertz CT molecular complexity index is 1130. The van der Waals surface area contributed by atoms with Crippen LogP contribution in [0.3, 0.4) is 0 Å².